The summed E-state index contributed by atoms with van der Waals surface area (Å²) in [5, 5.41) is 9.60. The van der Waals surface area contributed by atoms with E-state index in [1.165, 1.54) is 0 Å². The van der Waals surface area contributed by atoms with Crippen LogP contribution in [-0.4, -0.2) is 33.2 Å². The van der Waals surface area contributed by atoms with Crippen LogP contribution in [0.1, 0.15) is 17.9 Å². The van der Waals surface area contributed by atoms with Crippen LogP contribution in [0, 0.1) is 5.92 Å². The SMILES string of the molecule is COc1ccccc1[C@@H]1C[C@@H]1C(=O)Nc1n[nH]c(-c2ccccn2)n1. The number of amides is 1. The average molecular weight is 335 g/mol. The fourth-order valence-electron chi connectivity index (χ4n) is 2.94. The lowest BCUT2D eigenvalue weighted by molar-refractivity contribution is -0.117. The van der Waals surface area contributed by atoms with E-state index in [2.05, 4.69) is 25.5 Å². The molecule has 0 bridgehead atoms. The number of methoxy groups -OCH3 is 1. The summed E-state index contributed by atoms with van der Waals surface area (Å²) in [5.41, 5.74) is 1.74. The first kappa shape index (κ1) is 15.3. The number of H-pyrrole nitrogens is 1. The first-order valence-electron chi connectivity index (χ1n) is 8.04. The Hall–Kier alpha value is -3.22. The first-order valence-corrected chi connectivity index (χ1v) is 8.04. The third kappa shape index (κ3) is 3.08. The molecule has 7 heteroatoms. The number of para-hydroxylation sites is 1. The second-order valence-corrected chi connectivity index (χ2v) is 5.90. The monoisotopic (exact) mass is 335 g/mol. The van der Waals surface area contributed by atoms with Crippen molar-refractivity contribution in [1.82, 2.24) is 20.2 Å². The number of hydrogen-bond donors (Lipinski definition) is 2. The quantitative estimate of drug-likeness (QED) is 0.747. The topological polar surface area (TPSA) is 92.8 Å². The zero-order chi connectivity index (χ0) is 17.2. The summed E-state index contributed by atoms with van der Waals surface area (Å²) >= 11 is 0. The van der Waals surface area contributed by atoms with Crippen molar-refractivity contribution in [3.05, 3.63) is 54.2 Å². The Kier molecular flexibility index (Phi) is 3.89. The summed E-state index contributed by atoms with van der Waals surface area (Å²) in [6.45, 7) is 0. The minimum absolute atomic E-state index is 0.0810. The van der Waals surface area contributed by atoms with Gasteiger partial charge < -0.3 is 4.74 Å². The smallest absolute Gasteiger partial charge is 0.249 e. The Bertz CT molecular complexity index is 893. The highest BCUT2D eigenvalue weighted by Crippen LogP contribution is 2.50. The van der Waals surface area contributed by atoms with Crippen LogP contribution >= 0.6 is 0 Å². The first-order chi connectivity index (χ1) is 12.3. The molecule has 0 saturated heterocycles. The minimum atomic E-state index is -0.0897. The van der Waals surface area contributed by atoms with Crippen LogP contribution in [-0.2, 0) is 4.79 Å². The molecule has 1 aliphatic carbocycles. The van der Waals surface area contributed by atoms with Crippen LogP contribution in [0.2, 0.25) is 0 Å². The average Bonchev–Trinajstić information content (AvgIpc) is 3.34. The van der Waals surface area contributed by atoms with E-state index in [-0.39, 0.29) is 23.7 Å². The number of carbonyl (C=O) groups excluding carboxylic acids is 1. The predicted octanol–water partition coefficient (Wildman–Crippen LogP) is 2.62. The van der Waals surface area contributed by atoms with E-state index in [9.17, 15) is 4.79 Å². The van der Waals surface area contributed by atoms with Gasteiger partial charge in [0.15, 0.2) is 5.82 Å². The van der Waals surface area contributed by atoms with Crippen molar-refractivity contribution in [3.8, 4) is 17.3 Å². The molecule has 4 rings (SSSR count). The highest BCUT2D eigenvalue weighted by Gasteiger charge is 2.45. The molecule has 2 N–H and O–H groups in total. The van der Waals surface area contributed by atoms with E-state index in [1.807, 2.05) is 42.5 Å². The number of anilines is 1. The van der Waals surface area contributed by atoms with Gasteiger partial charge in [-0.15, -0.1) is 5.10 Å². The maximum absolute atomic E-state index is 12.4. The summed E-state index contributed by atoms with van der Waals surface area (Å²) in [6, 6.07) is 13.3. The number of ether oxygens (including phenoxy) is 1. The van der Waals surface area contributed by atoms with Crippen LogP contribution in [0.4, 0.5) is 5.95 Å². The third-order valence-corrected chi connectivity index (χ3v) is 4.29. The van der Waals surface area contributed by atoms with Gasteiger partial charge in [-0.1, -0.05) is 24.3 Å². The van der Waals surface area contributed by atoms with Gasteiger partial charge in [0.05, 0.1) is 7.11 Å². The van der Waals surface area contributed by atoms with Crippen molar-refractivity contribution >= 4 is 11.9 Å². The van der Waals surface area contributed by atoms with E-state index < -0.39 is 0 Å². The van der Waals surface area contributed by atoms with E-state index in [0.717, 1.165) is 17.7 Å². The molecule has 1 aliphatic rings. The van der Waals surface area contributed by atoms with E-state index in [1.54, 1.807) is 13.3 Å². The Morgan fingerprint density at radius 3 is 2.88 bits per heavy atom. The number of pyridine rings is 1. The molecule has 1 aromatic carbocycles. The lowest BCUT2D eigenvalue weighted by Crippen LogP contribution is -2.15. The molecule has 0 aliphatic heterocycles. The van der Waals surface area contributed by atoms with E-state index in [4.69, 9.17) is 4.74 Å². The second-order valence-electron chi connectivity index (χ2n) is 5.90. The molecular formula is C18H17N5O2. The van der Waals surface area contributed by atoms with Gasteiger partial charge in [0.25, 0.3) is 0 Å². The van der Waals surface area contributed by atoms with Crippen LogP contribution in [0.3, 0.4) is 0 Å². The number of rotatable bonds is 5. The summed E-state index contributed by atoms with van der Waals surface area (Å²) < 4.78 is 5.38. The fourth-order valence-corrected chi connectivity index (χ4v) is 2.94. The van der Waals surface area contributed by atoms with Gasteiger partial charge in [-0.25, -0.2) is 0 Å². The minimum Gasteiger partial charge on any atom is -0.496 e. The Balaban J connectivity index is 1.43. The van der Waals surface area contributed by atoms with Crippen molar-refractivity contribution in [2.45, 2.75) is 12.3 Å². The number of carbonyl (C=O) groups is 1. The van der Waals surface area contributed by atoms with Crippen molar-refractivity contribution in [1.29, 1.82) is 0 Å². The molecule has 1 saturated carbocycles. The molecular weight excluding hydrogens is 318 g/mol. The molecule has 7 nitrogen and oxygen atoms in total. The highest BCUT2D eigenvalue weighted by atomic mass is 16.5. The molecule has 3 aromatic rings. The van der Waals surface area contributed by atoms with E-state index in [0.29, 0.717) is 11.5 Å². The summed E-state index contributed by atoms with van der Waals surface area (Å²) in [5.74, 6) is 1.60. The number of nitrogens with one attached hydrogen (secondary N) is 2. The van der Waals surface area contributed by atoms with E-state index >= 15 is 0 Å². The Morgan fingerprint density at radius 2 is 2.08 bits per heavy atom. The lowest BCUT2D eigenvalue weighted by Gasteiger charge is -2.07. The third-order valence-electron chi connectivity index (χ3n) is 4.29. The molecule has 0 radical (unpaired) electrons. The van der Waals surface area contributed by atoms with Gasteiger partial charge in [0, 0.05) is 12.1 Å². The molecule has 2 aromatic heterocycles. The molecule has 2 atom stereocenters. The van der Waals surface area contributed by atoms with Crippen molar-refractivity contribution in [3.63, 3.8) is 0 Å². The molecule has 2 heterocycles. The lowest BCUT2D eigenvalue weighted by atomic mass is 10.1. The highest BCUT2D eigenvalue weighted by molar-refractivity contribution is 5.94. The Morgan fingerprint density at radius 1 is 1.24 bits per heavy atom. The van der Waals surface area contributed by atoms with Crippen LogP contribution in [0.25, 0.3) is 11.5 Å². The second kappa shape index (κ2) is 6.35. The molecule has 1 fully saturated rings. The standard InChI is InChI=1S/C18H17N5O2/c1-25-15-8-3-2-6-11(15)12-10-13(12)17(24)21-18-20-16(22-23-18)14-7-4-5-9-19-14/h2-9,12-13H,10H2,1H3,(H2,20,21,22,23,24)/t12-,13-/m0/s1. The number of aromatic nitrogens is 4. The zero-order valence-electron chi connectivity index (χ0n) is 13.6. The molecule has 1 amide bonds. The van der Waals surface area contributed by atoms with Crippen molar-refractivity contribution in [2.24, 2.45) is 5.92 Å². The van der Waals surface area contributed by atoms with Gasteiger partial charge in [-0.05, 0) is 36.1 Å². The summed E-state index contributed by atoms with van der Waals surface area (Å²) in [4.78, 5) is 20.9. The van der Waals surface area contributed by atoms with Gasteiger partial charge >= 0.3 is 0 Å². The normalized spacial score (nSPS) is 18.6. The van der Waals surface area contributed by atoms with Crippen LogP contribution < -0.4 is 10.1 Å². The predicted molar refractivity (Wildman–Crippen MR) is 92.1 cm³/mol. The number of hydrogen-bond acceptors (Lipinski definition) is 5. The number of benzene rings is 1. The molecule has 126 valence electrons. The zero-order valence-corrected chi connectivity index (χ0v) is 13.6. The van der Waals surface area contributed by atoms with Gasteiger partial charge in [0.1, 0.15) is 11.4 Å². The van der Waals surface area contributed by atoms with Crippen LogP contribution in [0.15, 0.2) is 48.7 Å². The van der Waals surface area contributed by atoms with Crippen molar-refractivity contribution < 1.29 is 9.53 Å². The molecule has 25 heavy (non-hydrogen) atoms. The van der Waals surface area contributed by atoms with Gasteiger partial charge in [-0.3, -0.25) is 20.2 Å². The van der Waals surface area contributed by atoms with Gasteiger partial charge in [0.2, 0.25) is 11.9 Å². The number of aromatic amines is 1. The maximum atomic E-state index is 12.4. The summed E-state index contributed by atoms with van der Waals surface area (Å²) in [6.07, 6.45) is 2.47. The van der Waals surface area contributed by atoms with Crippen molar-refractivity contribution in [2.75, 3.05) is 12.4 Å². The number of nitrogens with zero attached hydrogens (tertiary/aromatic N) is 3. The maximum Gasteiger partial charge on any atom is 0.249 e. The summed E-state index contributed by atoms with van der Waals surface area (Å²) in [7, 11) is 1.64. The largest absolute Gasteiger partial charge is 0.496 e. The fraction of sp³-hybridized carbons (Fsp3) is 0.222. The Labute approximate surface area is 144 Å². The molecule has 0 unspecified atom stereocenters. The molecule has 0 spiro atoms. The van der Waals surface area contributed by atoms with Gasteiger partial charge in [-0.2, -0.15) is 4.98 Å². The van der Waals surface area contributed by atoms with Crippen LogP contribution in [0.5, 0.6) is 5.75 Å².